The topological polar surface area (TPSA) is 85.1 Å². The number of nitrogens with zero attached hydrogens (tertiary/aromatic N) is 2. The molecule has 2 aliphatic rings. The molecule has 1 saturated carbocycles. The highest BCUT2D eigenvalue weighted by molar-refractivity contribution is 6.36. The van der Waals surface area contributed by atoms with Crippen molar-refractivity contribution in [3.05, 3.63) is 34.2 Å². The van der Waals surface area contributed by atoms with Gasteiger partial charge in [-0.1, -0.05) is 30.1 Å². The predicted octanol–water partition coefficient (Wildman–Crippen LogP) is 5.53. The zero-order valence-electron chi connectivity index (χ0n) is 18.7. The minimum Gasteiger partial charge on any atom is -0.383 e. The third-order valence-electron chi connectivity index (χ3n) is 6.66. The molecule has 4 N–H and O–H groups in total. The van der Waals surface area contributed by atoms with Gasteiger partial charge < -0.3 is 21.1 Å². The highest BCUT2D eigenvalue weighted by atomic mass is 35.5. The van der Waals surface area contributed by atoms with Crippen LogP contribution in [0.5, 0.6) is 0 Å². The molecule has 0 aromatic carbocycles. The molecule has 1 aliphatic heterocycles. The zero-order chi connectivity index (χ0) is 22.5. The lowest BCUT2D eigenvalue weighted by Gasteiger charge is -2.27. The van der Waals surface area contributed by atoms with E-state index in [-0.39, 0.29) is 0 Å². The number of rotatable bonds is 7. The minimum absolute atomic E-state index is 0.315. The Morgan fingerprint density at radius 2 is 1.81 bits per heavy atom. The van der Waals surface area contributed by atoms with Gasteiger partial charge in [-0.15, -0.1) is 0 Å². The number of nitrogens with one attached hydrogen (secondary N) is 2. The van der Waals surface area contributed by atoms with Gasteiger partial charge in [-0.2, -0.15) is 0 Å². The molecule has 6 nitrogen and oxygen atoms in total. The standard InChI is InChI=1S/C24H33Cl2N5O/c1-2-18-21(28-12-15-7-9-32-10-8-15)14-30-24(26)23(18)19-11-22(29-13-20(19)25)31-17-5-3-16(27)4-6-17/h11,13-17,28H,2-10,12,27H2,1H3,(H,29,31). The normalized spacial score (nSPS) is 22.0. The van der Waals surface area contributed by atoms with E-state index in [4.69, 9.17) is 33.7 Å². The average Bonchev–Trinajstić information content (AvgIpc) is 2.81. The van der Waals surface area contributed by atoms with Crippen LogP contribution in [0.4, 0.5) is 11.5 Å². The lowest BCUT2D eigenvalue weighted by atomic mass is 9.92. The lowest BCUT2D eigenvalue weighted by Crippen LogP contribution is -2.33. The van der Waals surface area contributed by atoms with E-state index in [2.05, 4.69) is 27.5 Å². The molecule has 2 aromatic heterocycles. The van der Waals surface area contributed by atoms with Crippen LogP contribution in [0.1, 0.15) is 51.0 Å². The largest absolute Gasteiger partial charge is 0.383 e. The summed E-state index contributed by atoms with van der Waals surface area (Å²) in [5, 5.41) is 8.20. The molecular formula is C24H33Cl2N5O. The van der Waals surface area contributed by atoms with E-state index >= 15 is 0 Å². The molecule has 0 bridgehead atoms. The fraction of sp³-hybridized carbons (Fsp3) is 0.583. The number of anilines is 2. The van der Waals surface area contributed by atoms with Crippen molar-refractivity contribution in [3.8, 4) is 11.1 Å². The van der Waals surface area contributed by atoms with E-state index in [1.807, 2.05) is 12.3 Å². The van der Waals surface area contributed by atoms with Crippen molar-refractivity contribution in [3.63, 3.8) is 0 Å². The van der Waals surface area contributed by atoms with Crippen LogP contribution < -0.4 is 16.4 Å². The van der Waals surface area contributed by atoms with Gasteiger partial charge in [0.15, 0.2) is 0 Å². The fourth-order valence-corrected chi connectivity index (χ4v) is 5.17. The number of hydrogen-bond acceptors (Lipinski definition) is 6. The first-order chi connectivity index (χ1) is 15.5. The van der Waals surface area contributed by atoms with E-state index < -0.39 is 0 Å². The van der Waals surface area contributed by atoms with Gasteiger partial charge in [0.2, 0.25) is 0 Å². The van der Waals surface area contributed by atoms with E-state index in [0.717, 1.165) is 92.9 Å². The van der Waals surface area contributed by atoms with E-state index in [9.17, 15) is 0 Å². The molecule has 1 aliphatic carbocycles. The maximum Gasteiger partial charge on any atom is 0.137 e. The molecule has 0 atom stereocenters. The van der Waals surface area contributed by atoms with Crippen LogP contribution in [-0.2, 0) is 11.2 Å². The summed E-state index contributed by atoms with van der Waals surface area (Å²) < 4.78 is 5.48. The summed E-state index contributed by atoms with van der Waals surface area (Å²) in [4.78, 5) is 9.00. The van der Waals surface area contributed by atoms with Crippen LogP contribution in [0.2, 0.25) is 10.2 Å². The monoisotopic (exact) mass is 477 g/mol. The summed E-state index contributed by atoms with van der Waals surface area (Å²) in [5.41, 5.74) is 9.93. The van der Waals surface area contributed by atoms with Crippen LogP contribution in [0.3, 0.4) is 0 Å². The van der Waals surface area contributed by atoms with Crippen molar-refractivity contribution < 1.29 is 4.74 Å². The minimum atomic E-state index is 0.315. The number of nitrogens with two attached hydrogens (primary N) is 1. The molecule has 2 fully saturated rings. The van der Waals surface area contributed by atoms with Gasteiger partial charge in [0.25, 0.3) is 0 Å². The first-order valence-corrected chi connectivity index (χ1v) is 12.5. The first kappa shape index (κ1) is 23.6. The Bertz CT molecular complexity index is 912. The Hall–Kier alpha value is -1.60. The summed E-state index contributed by atoms with van der Waals surface area (Å²) in [6, 6.07) is 2.69. The summed E-state index contributed by atoms with van der Waals surface area (Å²) in [6.45, 7) is 4.72. The lowest BCUT2D eigenvalue weighted by molar-refractivity contribution is 0.0699. The molecule has 32 heavy (non-hydrogen) atoms. The van der Waals surface area contributed by atoms with Gasteiger partial charge in [-0.3, -0.25) is 0 Å². The molecule has 8 heteroatoms. The highest BCUT2D eigenvalue weighted by Crippen LogP contribution is 2.39. The third kappa shape index (κ3) is 5.66. The Kier molecular flexibility index (Phi) is 8.11. The molecule has 174 valence electrons. The number of pyridine rings is 2. The molecule has 0 amide bonds. The van der Waals surface area contributed by atoms with Crippen LogP contribution in [0, 0.1) is 5.92 Å². The second kappa shape index (κ2) is 11.0. The maximum atomic E-state index is 6.63. The summed E-state index contributed by atoms with van der Waals surface area (Å²) >= 11 is 13.2. The van der Waals surface area contributed by atoms with Gasteiger partial charge in [0.05, 0.1) is 16.9 Å². The van der Waals surface area contributed by atoms with Gasteiger partial charge in [0, 0.05) is 49.2 Å². The second-order valence-corrected chi connectivity index (χ2v) is 9.68. The molecule has 3 heterocycles. The number of aromatic nitrogens is 2. The van der Waals surface area contributed by atoms with E-state index in [1.54, 1.807) is 6.20 Å². The van der Waals surface area contributed by atoms with Gasteiger partial charge in [-0.05, 0) is 62.5 Å². The molecule has 0 radical (unpaired) electrons. The molecule has 0 spiro atoms. The molecule has 4 rings (SSSR count). The SMILES string of the molecule is CCc1c(NCC2CCOCC2)cnc(Cl)c1-c1cc(NC2CCC(N)CC2)ncc1Cl. The Morgan fingerprint density at radius 1 is 1.06 bits per heavy atom. The van der Waals surface area contributed by atoms with Crippen molar-refractivity contribution in [2.45, 2.75) is 64.0 Å². The van der Waals surface area contributed by atoms with Crippen LogP contribution in [0.15, 0.2) is 18.5 Å². The van der Waals surface area contributed by atoms with E-state index in [0.29, 0.717) is 28.2 Å². The van der Waals surface area contributed by atoms with Crippen molar-refractivity contribution in [2.75, 3.05) is 30.4 Å². The Morgan fingerprint density at radius 3 is 2.53 bits per heavy atom. The second-order valence-electron chi connectivity index (χ2n) is 8.91. The van der Waals surface area contributed by atoms with Gasteiger partial charge >= 0.3 is 0 Å². The summed E-state index contributed by atoms with van der Waals surface area (Å²) in [7, 11) is 0. The quantitative estimate of drug-likeness (QED) is 0.454. The average molecular weight is 478 g/mol. The number of ether oxygens (including phenoxy) is 1. The third-order valence-corrected chi connectivity index (χ3v) is 7.25. The van der Waals surface area contributed by atoms with Crippen molar-refractivity contribution in [2.24, 2.45) is 11.7 Å². The van der Waals surface area contributed by atoms with Crippen molar-refractivity contribution >= 4 is 34.7 Å². The van der Waals surface area contributed by atoms with Crippen molar-refractivity contribution in [1.29, 1.82) is 0 Å². The number of halogens is 2. The number of hydrogen-bond donors (Lipinski definition) is 3. The van der Waals surface area contributed by atoms with Crippen LogP contribution in [0.25, 0.3) is 11.1 Å². The van der Waals surface area contributed by atoms with Gasteiger partial charge in [0.1, 0.15) is 11.0 Å². The van der Waals surface area contributed by atoms with Crippen molar-refractivity contribution in [1.82, 2.24) is 9.97 Å². The fourth-order valence-electron chi connectivity index (χ4n) is 4.70. The smallest absolute Gasteiger partial charge is 0.137 e. The maximum absolute atomic E-state index is 6.63. The van der Waals surface area contributed by atoms with Gasteiger partial charge in [-0.25, -0.2) is 9.97 Å². The molecule has 0 unspecified atom stereocenters. The summed E-state index contributed by atoms with van der Waals surface area (Å²) in [6.07, 6.45) is 10.7. The zero-order valence-corrected chi connectivity index (χ0v) is 20.2. The Labute approximate surface area is 200 Å². The Balaban J connectivity index is 1.58. The first-order valence-electron chi connectivity index (χ1n) is 11.7. The molecular weight excluding hydrogens is 445 g/mol. The van der Waals surface area contributed by atoms with Crippen LogP contribution >= 0.6 is 23.2 Å². The molecule has 1 saturated heterocycles. The predicted molar refractivity (Wildman–Crippen MR) is 133 cm³/mol. The van der Waals surface area contributed by atoms with Crippen LogP contribution in [-0.4, -0.2) is 41.8 Å². The highest BCUT2D eigenvalue weighted by Gasteiger charge is 2.22. The van der Waals surface area contributed by atoms with E-state index in [1.165, 1.54) is 0 Å². The summed E-state index contributed by atoms with van der Waals surface area (Å²) in [5.74, 6) is 1.42. The molecule has 2 aromatic rings.